The Morgan fingerprint density at radius 3 is 2.88 bits per heavy atom. The number of aromatic nitrogens is 2. The van der Waals surface area contributed by atoms with E-state index < -0.39 is 5.97 Å². The molecule has 1 fully saturated rings. The van der Waals surface area contributed by atoms with Crippen LogP contribution < -0.4 is 10.6 Å². The largest absolute Gasteiger partial charge is 0.476 e. The van der Waals surface area contributed by atoms with E-state index in [2.05, 4.69) is 9.97 Å². The van der Waals surface area contributed by atoms with Gasteiger partial charge < -0.3 is 15.7 Å². The highest BCUT2D eigenvalue weighted by molar-refractivity contribution is 5.84. The van der Waals surface area contributed by atoms with Crippen molar-refractivity contribution in [3.8, 4) is 0 Å². The quantitative estimate of drug-likeness (QED) is 0.737. The summed E-state index contributed by atoms with van der Waals surface area (Å²) < 4.78 is 0. The van der Waals surface area contributed by atoms with E-state index in [0.717, 1.165) is 25.9 Å². The van der Waals surface area contributed by atoms with Gasteiger partial charge in [-0.05, 0) is 12.8 Å². The highest BCUT2D eigenvalue weighted by Crippen LogP contribution is 2.15. The molecule has 1 aliphatic heterocycles. The summed E-state index contributed by atoms with van der Waals surface area (Å²) in [5.41, 5.74) is 5.82. The Bertz CT molecular complexity index is 379. The number of carboxylic acid groups (broad SMARTS) is 1. The van der Waals surface area contributed by atoms with Crippen molar-refractivity contribution in [3.05, 3.63) is 18.1 Å². The molecule has 3 N–H and O–H groups in total. The van der Waals surface area contributed by atoms with Crippen molar-refractivity contribution >= 4 is 11.8 Å². The van der Waals surface area contributed by atoms with Crippen LogP contribution in [-0.4, -0.2) is 40.2 Å². The molecule has 0 aliphatic carbocycles. The molecule has 1 aliphatic rings. The fraction of sp³-hybridized carbons (Fsp3) is 0.500. The van der Waals surface area contributed by atoms with Crippen molar-refractivity contribution in [2.24, 2.45) is 5.73 Å². The van der Waals surface area contributed by atoms with Gasteiger partial charge in [-0.1, -0.05) is 0 Å². The Morgan fingerprint density at radius 2 is 2.31 bits per heavy atom. The van der Waals surface area contributed by atoms with Crippen LogP contribution in [0.15, 0.2) is 12.4 Å². The van der Waals surface area contributed by atoms with E-state index in [4.69, 9.17) is 10.8 Å². The minimum Gasteiger partial charge on any atom is -0.476 e. The molecule has 6 heteroatoms. The molecule has 1 atom stereocenters. The van der Waals surface area contributed by atoms with Gasteiger partial charge in [0.1, 0.15) is 5.82 Å². The van der Waals surface area contributed by atoms with E-state index in [-0.39, 0.29) is 11.7 Å². The third-order valence-electron chi connectivity index (χ3n) is 2.64. The second-order valence-corrected chi connectivity index (χ2v) is 3.91. The van der Waals surface area contributed by atoms with Crippen LogP contribution in [0.1, 0.15) is 23.3 Å². The Hall–Kier alpha value is -1.69. The molecular formula is C10H14N4O2. The summed E-state index contributed by atoms with van der Waals surface area (Å²) in [6, 6.07) is 0.162. The van der Waals surface area contributed by atoms with Gasteiger partial charge >= 0.3 is 5.97 Å². The molecule has 86 valence electrons. The molecule has 2 rings (SSSR count). The van der Waals surface area contributed by atoms with Crippen molar-refractivity contribution in [3.63, 3.8) is 0 Å². The van der Waals surface area contributed by atoms with E-state index in [1.165, 1.54) is 12.4 Å². The summed E-state index contributed by atoms with van der Waals surface area (Å²) >= 11 is 0. The molecule has 0 saturated carbocycles. The second kappa shape index (κ2) is 4.44. The van der Waals surface area contributed by atoms with Gasteiger partial charge in [-0.3, -0.25) is 0 Å². The number of nitrogens with zero attached hydrogens (tertiary/aromatic N) is 3. The summed E-state index contributed by atoms with van der Waals surface area (Å²) in [5.74, 6) is -0.366. The summed E-state index contributed by atoms with van der Waals surface area (Å²) in [4.78, 5) is 20.6. The molecule has 1 aromatic rings. The molecule has 1 aromatic heterocycles. The van der Waals surface area contributed by atoms with Crippen molar-refractivity contribution in [2.75, 3.05) is 18.0 Å². The lowest BCUT2D eigenvalue weighted by Crippen LogP contribution is -2.43. The van der Waals surface area contributed by atoms with Crippen LogP contribution >= 0.6 is 0 Å². The third-order valence-corrected chi connectivity index (χ3v) is 2.64. The van der Waals surface area contributed by atoms with Gasteiger partial charge in [0.2, 0.25) is 0 Å². The highest BCUT2D eigenvalue weighted by Gasteiger charge is 2.18. The fourth-order valence-corrected chi connectivity index (χ4v) is 1.81. The van der Waals surface area contributed by atoms with Crippen LogP contribution in [-0.2, 0) is 0 Å². The smallest absolute Gasteiger partial charge is 0.356 e. The summed E-state index contributed by atoms with van der Waals surface area (Å²) in [5, 5.41) is 8.69. The van der Waals surface area contributed by atoms with E-state index in [0.29, 0.717) is 5.82 Å². The zero-order chi connectivity index (χ0) is 11.5. The predicted molar refractivity (Wildman–Crippen MR) is 58.4 cm³/mol. The number of nitrogens with two attached hydrogens (primary N) is 1. The van der Waals surface area contributed by atoms with Crippen molar-refractivity contribution in [1.29, 1.82) is 0 Å². The second-order valence-electron chi connectivity index (χ2n) is 3.91. The van der Waals surface area contributed by atoms with Gasteiger partial charge in [0.15, 0.2) is 5.69 Å². The lowest BCUT2D eigenvalue weighted by molar-refractivity contribution is 0.0690. The Balaban J connectivity index is 2.11. The Labute approximate surface area is 93.1 Å². The molecule has 16 heavy (non-hydrogen) atoms. The number of carboxylic acids is 1. The maximum Gasteiger partial charge on any atom is 0.356 e. The minimum atomic E-state index is -1.06. The molecule has 0 aromatic carbocycles. The van der Waals surface area contributed by atoms with E-state index >= 15 is 0 Å². The molecular weight excluding hydrogens is 208 g/mol. The van der Waals surface area contributed by atoms with Crippen LogP contribution in [0, 0.1) is 0 Å². The first-order valence-electron chi connectivity index (χ1n) is 5.22. The minimum absolute atomic E-state index is 0.0370. The van der Waals surface area contributed by atoms with Crippen LogP contribution in [0.3, 0.4) is 0 Å². The van der Waals surface area contributed by atoms with Crippen LogP contribution in [0.4, 0.5) is 5.82 Å². The number of piperidine rings is 1. The van der Waals surface area contributed by atoms with E-state index in [9.17, 15) is 4.79 Å². The highest BCUT2D eigenvalue weighted by atomic mass is 16.4. The average Bonchev–Trinajstić information content (AvgIpc) is 2.29. The Morgan fingerprint density at radius 1 is 1.50 bits per heavy atom. The topological polar surface area (TPSA) is 92.3 Å². The number of hydrogen-bond donors (Lipinski definition) is 2. The number of carbonyl (C=O) groups is 1. The van der Waals surface area contributed by atoms with Gasteiger partial charge in [0.05, 0.1) is 12.4 Å². The molecule has 0 spiro atoms. The lowest BCUT2D eigenvalue weighted by atomic mass is 10.1. The van der Waals surface area contributed by atoms with E-state index in [1.807, 2.05) is 4.90 Å². The summed E-state index contributed by atoms with van der Waals surface area (Å²) in [6.45, 7) is 1.65. The van der Waals surface area contributed by atoms with Gasteiger partial charge in [-0.2, -0.15) is 0 Å². The number of anilines is 1. The van der Waals surface area contributed by atoms with Crippen LogP contribution in [0.5, 0.6) is 0 Å². The molecule has 0 radical (unpaired) electrons. The SMILES string of the molecule is NC1CCCN(c2cnc(C(=O)O)cn2)C1. The zero-order valence-electron chi connectivity index (χ0n) is 8.83. The standard InChI is InChI=1S/C10H14N4O2/c11-7-2-1-3-14(6-7)9-5-12-8(4-13-9)10(15)16/h4-5,7H,1-3,6,11H2,(H,15,16). The third kappa shape index (κ3) is 2.27. The maximum atomic E-state index is 10.6. The predicted octanol–water partition coefficient (Wildman–Crippen LogP) is 0.102. The molecule has 1 saturated heterocycles. The van der Waals surface area contributed by atoms with Crippen molar-refractivity contribution in [2.45, 2.75) is 18.9 Å². The molecule has 0 bridgehead atoms. The first-order valence-corrected chi connectivity index (χ1v) is 5.22. The van der Waals surface area contributed by atoms with Gasteiger partial charge in [0.25, 0.3) is 0 Å². The lowest BCUT2D eigenvalue weighted by Gasteiger charge is -2.31. The number of hydrogen-bond acceptors (Lipinski definition) is 5. The normalized spacial score (nSPS) is 20.8. The van der Waals surface area contributed by atoms with Crippen molar-refractivity contribution < 1.29 is 9.90 Å². The first-order chi connectivity index (χ1) is 7.66. The zero-order valence-corrected chi connectivity index (χ0v) is 8.83. The average molecular weight is 222 g/mol. The van der Waals surface area contributed by atoms with E-state index in [1.54, 1.807) is 0 Å². The maximum absolute atomic E-state index is 10.6. The van der Waals surface area contributed by atoms with Crippen molar-refractivity contribution in [1.82, 2.24) is 9.97 Å². The van der Waals surface area contributed by atoms with Crippen LogP contribution in [0.25, 0.3) is 0 Å². The number of rotatable bonds is 2. The molecule has 1 unspecified atom stereocenters. The molecule has 2 heterocycles. The monoisotopic (exact) mass is 222 g/mol. The molecule has 6 nitrogen and oxygen atoms in total. The Kier molecular flexibility index (Phi) is 3.00. The number of aromatic carboxylic acids is 1. The van der Waals surface area contributed by atoms with Gasteiger partial charge in [-0.15, -0.1) is 0 Å². The fourth-order valence-electron chi connectivity index (χ4n) is 1.81. The summed E-state index contributed by atoms with van der Waals surface area (Å²) in [7, 11) is 0. The van der Waals surface area contributed by atoms with Gasteiger partial charge in [-0.25, -0.2) is 14.8 Å². The summed E-state index contributed by atoms with van der Waals surface area (Å²) in [6.07, 6.45) is 4.82. The molecule has 0 amide bonds. The first kappa shape index (κ1) is 10.8. The van der Waals surface area contributed by atoms with Crippen LogP contribution in [0.2, 0.25) is 0 Å². The van der Waals surface area contributed by atoms with Gasteiger partial charge in [0, 0.05) is 19.1 Å².